The highest BCUT2D eigenvalue weighted by Gasteiger charge is 1.88. The van der Waals surface area contributed by atoms with E-state index in [1.807, 2.05) is 0 Å². The van der Waals surface area contributed by atoms with E-state index in [2.05, 4.69) is 15.9 Å². The number of hydrogen-bond donors (Lipinski definition) is 0. The van der Waals surface area contributed by atoms with E-state index in [4.69, 9.17) is 11.6 Å². The van der Waals surface area contributed by atoms with Gasteiger partial charge in [0.05, 0.1) is 0 Å². The van der Waals surface area contributed by atoms with Crippen LogP contribution in [0.3, 0.4) is 0 Å². The predicted molar refractivity (Wildman–Crippen MR) is 38.6 cm³/mol. The van der Waals surface area contributed by atoms with Gasteiger partial charge in [-0.25, -0.2) is 0 Å². The monoisotopic (exact) mass is 205 g/mol. The Hall–Kier alpha value is -0.210. The first-order valence-corrected chi connectivity index (χ1v) is 3.49. The minimum atomic E-state index is -0.0422. The van der Waals surface area contributed by atoms with Crippen LogP contribution in [0.1, 0.15) is 0 Å². The van der Waals surface area contributed by atoms with E-state index in [1.165, 1.54) is 6.07 Å². The molecule has 0 aliphatic heterocycles. The molecule has 1 rings (SSSR count). The van der Waals surface area contributed by atoms with Crippen LogP contribution in [-0.4, -0.2) is 0 Å². The minimum absolute atomic E-state index is 0.0422. The topological polar surface area (TPSA) is 23.1 Å². The summed E-state index contributed by atoms with van der Waals surface area (Å²) in [7, 11) is 0. The molecule has 1 aromatic carbocycles. The Morgan fingerprint density at radius 3 is 2.56 bits per heavy atom. The first-order valence-electron chi connectivity index (χ1n) is 2.32. The standard InChI is InChI=1S/C6H4BrClO/c7-5-3-4(8)1-2-6(5)9/h1-3,9H/p-1. The zero-order valence-corrected chi connectivity index (χ0v) is 6.74. The molecule has 48 valence electrons. The Bertz CT molecular complexity index is 224. The van der Waals surface area contributed by atoms with Crippen LogP contribution < -0.4 is 5.11 Å². The number of benzene rings is 1. The van der Waals surface area contributed by atoms with Gasteiger partial charge in [-0.3, -0.25) is 0 Å². The van der Waals surface area contributed by atoms with Crippen molar-refractivity contribution in [2.24, 2.45) is 0 Å². The van der Waals surface area contributed by atoms with Gasteiger partial charge in [0, 0.05) is 9.50 Å². The van der Waals surface area contributed by atoms with Crippen molar-refractivity contribution in [3.8, 4) is 5.75 Å². The molecular weight excluding hydrogens is 203 g/mol. The fourth-order valence-electron chi connectivity index (χ4n) is 0.475. The lowest BCUT2D eigenvalue weighted by Gasteiger charge is -2.06. The van der Waals surface area contributed by atoms with Crippen LogP contribution in [-0.2, 0) is 0 Å². The summed E-state index contributed by atoms with van der Waals surface area (Å²) in [6, 6.07) is 4.56. The third kappa shape index (κ3) is 1.60. The maximum Gasteiger partial charge on any atom is 0.0416 e. The summed E-state index contributed by atoms with van der Waals surface area (Å²) in [6.45, 7) is 0. The van der Waals surface area contributed by atoms with E-state index in [-0.39, 0.29) is 5.75 Å². The molecule has 9 heavy (non-hydrogen) atoms. The van der Waals surface area contributed by atoms with Gasteiger partial charge in [0.2, 0.25) is 0 Å². The second-order valence-corrected chi connectivity index (χ2v) is 2.87. The van der Waals surface area contributed by atoms with E-state index in [0.29, 0.717) is 9.50 Å². The molecule has 0 bridgehead atoms. The summed E-state index contributed by atoms with van der Waals surface area (Å²) in [4.78, 5) is 0. The maximum absolute atomic E-state index is 10.7. The van der Waals surface area contributed by atoms with Crippen molar-refractivity contribution in [2.75, 3.05) is 0 Å². The van der Waals surface area contributed by atoms with Gasteiger partial charge in [-0.05, 0) is 12.1 Å². The van der Waals surface area contributed by atoms with Crippen molar-refractivity contribution in [2.45, 2.75) is 0 Å². The van der Waals surface area contributed by atoms with Crippen molar-refractivity contribution in [1.82, 2.24) is 0 Å². The van der Waals surface area contributed by atoms with Gasteiger partial charge in [0.25, 0.3) is 0 Å². The Morgan fingerprint density at radius 1 is 1.44 bits per heavy atom. The van der Waals surface area contributed by atoms with Gasteiger partial charge in [-0.15, -0.1) is 0 Å². The molecular formula is C6H3BrClO-. The van der Waals surface area contributed by atoms with Crippen LogP contribution in [0.15, 0.2) is 22.7 Å². The molecule has 0 fully saturated rings. The van der Waals surface area contributed by atoms with Crippen LogP contribution in [0.2, 0.25) is 5.02 Å². The Balaban J connectivity index is 3.17. The summed E-state index contributed by atoms with van der Waals surface area (Å²) < 4.78 is 0.509. The highest BCUT2D eigenvalue weighted by molar-refractivity contribution is 9.10. The Kier molecular flexibility index (Phi) is 1.98. The molecule has 3 heteroatoms. The van der Waals surface area contributed by atoms with Crippen molar-refractivity contribution in [3.63, 3.8) is 0 Å². The molecule has 0 heterocycles. The number of rotatable bonds is 0. The molecule has 0 spiro atoms. The summed E-state index contributed by atoms with van der Waals surface area (Å²) in [6.07, 6.45) is 0. The van der Waals surface area contributed by atoms with E-state index >= 15 is 0 Å². The molecule has 0 aromatic heterocycles. The molecule has 0 aliphatic carbocycles. The molecule has 1 aromatic rings. The van der Waals surface area contributed by atoms with E-state index < -0.39 is 0 Å². The maximum atomic E-state index is 10.7. The molecule has 0 amide bonds. The fourth-order valence-corrected chi connectivity index (χ4v) is 1.16. The lowest BCUT2D eigenvalue weighted by Crippen LogP contribution is -1.88. The molecule has 0 unspecified atom stereocenters. The molecule has 1 nitrogen and oxygen atoms in total. The molecule has 0 radical (unpaired) electrons. The summed E-state index contributed by atoms with van der Waals surface area (Å²) in [5.41, 5.74) is 0. The second kappa shape index (κ2) is 2.58. The first kappa shape index (κ1) is 6.90. The van der Waals surface area contributed by atoms with E-state index in [1.54, 1.807) is 12.1 Å². The third-order valence-electron chi connectivity index (χ3n) is 0.894. The van der Waals surface area contributed by atoms with E-state index in [9.17, 15) is 5.11 Å². The summed E-state index contributed by atoms with van der Waals surface area (Å²) in [5.74, 6) is -0.0422. The van der Waals surface area contributed by atoms with Gasteiger partial charge in [0.15, 0.2) is 0 Å². The predicted octanol–water partition coefficient (Wildman–Crippen LogP) is 2.18. The highest BCUT2D eigenvalue weighted by Crippen LogP contribution is 2.23. The molecule has 0 saturated heterocycles. The first-order chi connectivity index (χ1) is 4.20. The lowest BCUT2D eigenvalue weighted by atomic mass is 10.3. The average Bonchev–Trinajstić information content (AvgIpc) is 1.80. The van der Waals surface area contributed by atoms with Crippen molar-refractivity contribution >= 4 is 27.5 Å². The Labute approximate surface area is 66.4 Å². The second-order valence-electron chi connectivity index (χ2n) is 1.57. The molecule has 0 N–H and O–H groups in total. The van der Waals surface area contributed by atoms with Gasteiger partial charge in [-0.2, -0.15) is 0 Å². The van der Waals surface area contributed by atoms with Crippen LogP contribution in [0.5, 0.6) is 5.75 Å². The zero-order chi connectivity index (χ0) is 6.85. The van der Waals surface area contributed by atoms with Crippen molar-refractivity contribution < 1.29 is 5.11 Å². The Morgan fingerprint density at radius 2 is 2.11 bits per heavy atom. The number of halogens is 2. The normalized spacial score (nSPS) is 9.56. The minimum Gasteiger partial charge on any atom is -0.872 e. The van der Waals surface area contributed by atoms with Crippen LogP contribution in [0.4, 0.5) is 0 Å². The summed E-state index contributed by atoms with van der Waals surface area (Å²) >= 11 is 8.60. The van der Waals surface area contributed by atoms with Gasteiger partial charge in [0.1, 0.15) is 0 Å². The largest absolute Gasteiger partial charge is 0.872 e. The third-order valence-corrected chi connectivity index (χ3v) is 1.75. The van der Waals surface area contributed by atoms with Crippen LogP contribution >= 0.6 is 27.5 Å². The molecule has 0 atom stereocenters. The van der Waals surface area contributed by atoms with Gasteiger partial charge in [-0.1, -0.05) is 39.3 Å². The lowest BCUT2D eigenvalue weighted by molar-refractivity contribution is -0.269. The fraction of sp³-hybridized carbons (Fsp3) is 0. The number of hydrogen-bond acceptors (Lipinski definition) is 1. The smallest absolute Gasteiger partial charge is 0.0416 e. The van der Waals surface area contributed by atoms with Crippen molar-refractivity contribution in [3.05, 3.63) is 27.7 Å². The SMILES string of the molecule is [O-]c1ccc(Cl)cc1Br. The summed E-state index contributed by atoms with van der Waals surface area (Å²) in [5, 5.41) is 11.2. The highest BCUT2D eigenvalue weighted by atomic mass is 79.9. The van der Waals surface area contributed by atoms with Crippen molar-refractivity contribution in [1.29, 1.82) is 0 Å². The molecule has 0 aliphatic rings. The van der Waals surface area contributed by atoms with Gasteiger partial charge < -0.3 is 5.11 Å². The molecule has 0 saturated carbocycles. The van der Waals surface area contributed by atoms with Crippen LogP contribution in [0, 0.1) is 0 Å². The quantitative estimate of drug-likeness (QED) is 0.638. The van der Waals surface area contributed by atoms with Gasteiger partial charge >= 0.3 is 0 Å². The zero-order valence-electron chi connectivity index (χ0n) is 4.40. The van der Waals surface area contributed by atoms with E-state index in [0.717, 1.165) is 0 Å². The average molecular weight is 206 g/mol. The van der Waals surface area contributed by atoms with Crippen LogP contribution in [0.25, 0.3) is 0 Å².